The van der Waals surface area contributed by atoms with E-state index in [9.17, 15) is 0 Å². The van der Waals surface area contributed by atoms with Gasteiger partial charge in [0.1, 0.15) is 0 Å². The quantitative estimate of drug-likeness (QED) is 0.679. The van der Waals surface area contributed by atoms with Crippen LogP contribution in [0.3, 0.4) is 0 Å². The van der Waals surface area contributed by atoms with E-state index >= 15 is 0 Å². The summed E-state index contributed by atoms with van der Waals surface area (Å²) in [7, 11) is 0. The molecule has 1 aromatic carbocycles. The molecule has 3 aromatic rings. The van der Waals surface area contributed by atoms with Crippen molar-refractivity contribution >= 4 is 16.6 Å². The largest absolute Gasteiger partial charge is 0.398 e. The Bertz CT molecular complexity index is 641. The van der Waals surface area contributed by atoms with Gasteiger partial charge in [0.15, 0.2) is 0 Å². The number of rotatable bonds is 2. The van der Waals surface area contributed by atoms with Gasteiger partial charge in [0.05, 0.1) is 17.8 Å². The summed E-state index contributed by atoms with van der Waals surface area (Å²) in [6.45, 7) is 0.772. The maximum atomic E-state index is 5.93. The van der Waals surface area contributed by atoms with Gasteiger partial charge in [-0.15, -0.1) is 0 Å². The molecule has 0 fully saturated rings. The van der Waals surface area contributed by atoms with E-state index in [4.69, 9.17) is 5.73 Å². The van der Waals surface area contributed by atoms with Crippen LogP contribution in [0.2, 0.25) is 0 Å². The molecule has 0 amide bonds. The third-order valence-electron chi connectivity index (χ3n) is 2.91. The Kier molecular flexibility index (Phi) is 2.29. The number of nitrogens with zero attached hydrogens (tertiary/aromatic N) is 2. The van der Waals surface area contributed by atoms with Gasteiger partial charge in [0.2, 0.25) is 0 Å². The minimum absolute atomic E-state index is 0.772. The van der Waals surface area contributed by atoms with Crippen LogP contribution in [0, 0.1) is 0 Å². The molecule has 3 rings (SSSR count). The van der Waals surface area contributed by atoms with Crippen molar-refractivity contribution in [1.29, 1.82) is 0 Å². The van der Waals surface area contributed by atoms with Crippen molar-refractivity contribution in [2.45, 2.75) is 6.54 Å². The lowest BCUT2D eigenvalue weighted by atomic mass is 10.2. The number of nitrogens with two attached hydrogens (primary N) is 1. The second-order valence-corrected chi connectivity index (χ2v) is 4.04. The second kappa shape index (κ2) is 3.94. The summed E-state index contributed by atoms with van der Waals surface area (Å²) < 4.78 is 2.16. The Morgan fingerprint density at radius 2 is 2.00 bits per heavy atom. The monoisotopic (exact) mass is 223 g/mol. The molecule has 0 radical (unpaired) electrons. The maximum Gasteiger partial charge on any atom is 0.0648 e. The van der Waals surface area contributed by atoms with E-state index in [1.165, 1.54) is 0 Å². The number of hydrogen-bond donors (Lipinski definition) is 1. The fourth-order valence-electron chi connectivity index (χ4n) is 2.05. The molecule has 2 N–H and O–H groups in total. The molecule has 2 aromatic heterocycles. The average molecular weight is 223 g/mol. The summed E-state index contributed by atoms with van der Waals surface area (Å²) in [5.74, 6) is 0. The van der Waals surface area contributed by atoms with Gasteiger partial charge in [0, 0.05) is 23.5 Å². The molecule has 0 aliphatic rings. The van der Waals surface area contributed by atoms with E-state index < -0.39 is 0 Å². The highest BCUT2D eigenvalue weighted by Crippen LogP contribution is 2.22. The molecule has 3 nitrogen and oxygen atoms in total. The molecule has 0 spiro atoms. The Balaban J connectivity index is 2.05. The van der Waals surface area contributed by atoms with Gasteiger partial charge in [-0.3, -0.25) is 4.98 Å². The molecule has 17 heavy (non-hydrogen) atoms. The van der Waals surface area contributed by atoms with Gasteiger partial charge < -0.3 is 10.3 Å². The summed E-state index contributed by atoms with van der Waals surface area (Å²) in [5.41, 5.74) is 8.95. The van der Waals surface area contributed by atoms with Crippen LogP contribution in [-0.2, 0) is 6.54 Å². The van der Waals surface area contributed by atoms with Crippen molar-refractivity contribution in [3.8, 4) is 0 Å². The van der Waals surface area contributed by atoms with Crippen molar-refractivity contribution in [2.24, 2.45) is 0 Å². The zero-order valence-corrected chi connectivity index (χ0v) is 9.38. The van der Waals surface area contributed by atoms with Crippen LogP contribution in [0.5, 0.6) is 0 Å². The summed E-state index contributed by atoms with van der Waals surface area (Å²) >= 11 is 0. The lowest BCUT2D eigenvalue weighted by molar-refractivity contribution is 0.807. The lowest BCUT2D eigenvalue weighted by Crippen LogP contribution is -1.99. The van der Waals surface area contributed by atoms with Gasteiger partial charge >= 0.3 is 0 Å². The summed E-state index contributed by atoms with van der Waals surface area (Å²) in [5, 5.41) is 1.10. The topological polar surface area (TPSA) is 43.8 Å². The van der Waals surface area contributed by atoms with Crippen LogP contribution >= 0.6 is 0 Å². The Labute approximate surface area is 99.5 Å². The van der Waals surface area contributed by atoms with Crippen molar-refractivity contribution in [3.63, 3.8) is 0 Å². The van der Waals surface area contributed by atoms with E-state index in [-0.39, 0.29) is 0 Å². The third-order valence-corrected chi connectivity index (χ3v) is 2.91. The summed E-state index contributed by atoms with van der Waals surface area (Å²) in [4.78, 5) is 4.33. The standard InChI is InChI=1S/C14H13N3/c15-13-5-3-6-14-12(13)7-9-17(14)10-11-4-1-2-8-16-11/h1-9H,10,15H2. The van der Waals surface area contributed by atoms with E-state index in [0.717, 1.165) is 28.8 Å². The van der Waals surface area contributed by atoms with Gasteiger partial charge in [-0.25, -0.2) is 0 Å². The van der Waals surface area contributed by atoms with Gasteiger partial charge in [-0.2, -0.15) is 0 Å². The van der Waals surface area contributed by atoms with Gasteiger partial charge in [-0.1, -0.05) is 12.1 Å². The van der Waals surface area contributed by atoms with Crippen molar-refractivity contribution < 1.29 is 0 Å². The minimum Gasteiger partial charge on any atom is -0.398 e. The third kappa shape index (κ3) is 1.76. The fourth-order valence-corrected chi connectivity index (χ4v) is 2.05. The Morgan fingerprint density at radius 3 is 2.82 bits per heavy atom. The number of nitrogen functional groups attached to an aromatic ring is 1. The normalized spacial score (nSPS) is 10.8. The van der Waals surface area contributed by atoms with E-state index in [0.29, 0.717) is 0 Å². The predicted octanol–water partition coefficient (Wildman–Crippen LogP) is 2.67. The second-order valence-electron chi connectivity index (χ2n) is 4.04. The molecular formula is C14H13N3. The number of benzene rings is 1. The Morgan fingerprint density at radius 1 is 1.06 bits per heavy atom. The molecule has 0 saturated heterocycles. The van der Waals surface area contributed by atoms with E-state index in [2.05, 4.69) is 21.8 Å². The smallest absolute Gasteiger partial charge is 0.0648 e. The first-order chi connectivity index (χ1) is 8.34. The molecule has 0 bridgehead atoms. The van der Waals surface area contributed by atoms with Crippen molar-refractivity contribution in [1.82, 2.24) is 9.55 Å². The van der Waals surface area contributed by atoms with Crippen molar-refractivity contribution in [2.75, 3.05) is 5.73 Å². The van der Waals surface area contributed by atoms with E-state index in [1.54, 1.807) is 0 Å². The minimum atomic E-state index is 0.772. The fraction of sp³-hybridized carbons (Fsp3) is 0.0714. The highest BCUT2D eigenvalue weighted by Gasteiger charge is 2.03. The van der Waals surface area contributed by atoms with Crippen LogP contribution in [-0.4, -0.2) is 9.55 Å². The molecule has 0 atom stereocenters. The van der Waals surface area contributed by atoms with Gasteiger partial charge in [0.25, 0.3) is 0 Å². The molecule has 0 saturated carbocycles. The highest BCUT2D eigenvalue weighted by atomic mass is 15.0. The summed E-state index contributed by atoms with van der Waals surface area (Å²) in [6.07, 6.45) is 3.87. The zero-order valence-electron chi connectivity index (χ0n) is 9.38. The van der Waals surface area contributed by atoms with Crippen LogP contribution in [0.15, 0.2) is 54.9 Å². The first kappa shape index (κ1) is 9.90. The molecule has 2 heterocycles. The maximum absolute atomic E-state index is 5.93. The lowest BCUT2D eigenvalue weighted by Gasteiger charge is -2.05. The van der Waals surface area contributed by atoms with Crippen molar-refractivity contribution in [3.05, 3.63) is 60.6 Å². The van der Waals surface area contributed by atoms with Crippen LogP contribution in [0.1, 0.15) is 5.69 Å². The number of hydrogen-bond acceptors (Lipinski definition) is 2. The molecule has 0 aliphatic heterocycles. The number of aromatic nitrogens is 2. The van der Waals surface area contributed by atoms with Crippen LogP contribution < -0.4 is 5.73 Å². The molecule has 84 valence electrons. The SMILES string of the molecule is Nc1cccc2c1ccn2Cc1ccccn1. The Hall–Kier alpha value is -2.29. The predicted molar refractivity (Wildman–Crippen MR) is 69.7 cm³/mol. The summed E-state index contributed by atoms with van der Waals surface area (Å²) in [6, 6.07) is 14.0. The molecular weight excluding hydrogens is 210 g/mol. The average Bonchev–Trinajstić information content (AvgIpc) is 2.76. The number of pyridine rings is 1. The zero-order chi connectivity index (χ0) is 11.7. The number of anilines is 1. The van der Waals surface area contributed by atoms with Gasteiger partial charge in [-0.05, 0) is 30.3 Å². The first-order valence-corrected chi connectivity index (χ1v) is 5.58. The number of fused-ring (bicyclic) bond motifs is 1. The van der Waals surface area contributed by atoms with Crippen LogP contribution in [0.4, 0.5) is 5.69 Å². The van der Waals surface area contributed by atoms with E-state index in [1.807, 2.05) is 42.6 Å². The highest BCUT2D eigenvalue weighted by molar-refractivity contribution is 5.91. The van der Waals surface area contributed by atoms with Crippen LogP contribution in [0.25, 0.3) is 10.9 Å². The first-order valence-electron chi connectivity index (χ1n) is 5.58. The molecule has 0 aliphatic carbocycles. The molecule has 3 heteroatoms. The molecule has 0 unspecified atom stereocenters.